The van der Waals surface area contributed by atoms with Crippen LogP contribution in [0.5, 0.6) is 5.75 Å². The standard InChI is InChI=1S/C22H13ClN2O4S2/c23-15-9-11-16(12-10-15)31(27,28)29-19-8-4-1-5-14(19)13-20-21(26)25-18-7-3-2-6-17(18)24-22(25)30-20/h1-13H. The van der Waals surface area contributed by atoms with E-state index in [1.165, 1.54) is 41.7 Å². The highest BCUT2D eigenvalue weighted by Crippen LogP contribution is 2.24. The van der Waals surface area contributed by atoms with Crippen molar-refractivity contribution in [3.8, 4) is 5.75 Å². The zero-order chi connectivity index (χ0) is 21.6. The molecule has 9 heteroatoms. The van der Waals surface area contributed by atoms with Gasteiger partial charge >= 0.3 is 10.1 Å². The number of hydrogen-bond donors (Lipinski definition) is 0. The second-order valence-electron chi connectivity index (χ2n) is 6.66. The Labute approximate surface area is 185 Å². The fourth-order valence-corrected chi connectivity index (χ4v) is 5.25. The second-order valence-corrected chi connectivity index (χ2v) is 9.66. The van der Waals surface area contributed by atoms with E-state index in [0.717, 1.165) is 11.0 Å². The average molecular weight is 469 g/mol. The molecule has 2 heterocycles. The van der Waals surface area contributed by atoms with E-state index >= 15 is 0 Å². The van der Waals surface area contributed by atoms with E-state index in [4.69, 9.17) is 15.8 Å². The molecule has 0 aliphatic rings. The fraction of sp³-hybridized carbons (Fsp3) is 0. The van der Waals surface area contributed by atoms with E-state index in [1.54, 1.807) is 28.7 Å². The zero-order valence-electron chi connectivity index (χ0n) is 15.7. The van der Waals surface area contributed by atoms with Gasteiger partial charge in [-0.25, -0.2) is 9.38 Å². The molecule has 0 saturated carbocycles. The van der Waals surface area contributed by atoms with Gasteiger partial charge in [-0.15, -0.1) is 0 Å². The molecule has 0 spiro atoms. The van der Waals surface area contributed by atoms with Gasteiger partial charge in [0.15, 0.2) is 4.96 Å². The number of fused-ring (bicyclic) bond motifs is 3. The van der Waals surface area contributed by atoms with Crippen LogP contribution in [0.4, 0.5) is 0 Å². The maximum absolute atomic E-state index is 13.0. The summed E-state index contributed by atoms with van der Waals surface area (Å²) >= 11 is 7.07. The Bertz CT molecular complexity index is 1660. The summed E-state index contributed by atoms with van der Waals surface area (Å²) < 4.78 is 32.7. The number of hydrogen-bond acceptors (Lipinski definition) is 6. The van der Waals surface area contributed by atoms with Crippen molar-refractivity contribution < 1.29 is 12.6 Å². The monoisotopic (exact) mass is 468 g/mol. The lowest BCUT2D eigenvalue weighted by Crippen LogP contribution is -2.22. The molecule has 6 nitrogen and oxygen atoms in total. The van der Waals surface area contributed by atoms with E-state index < -0.39 is 10.1 Å². The Morgan fingerprint density at radius 3 is 2.48 bits per heavy atom. The predicted molar refractivity (Wildman–Crippen MR) is 121 cm³/mol. The van der Waals surface area contributed by atoms with Crippen molar-refractivity contribution in [1.82, 2.24) is 9.38 Å². The Kier molecular flexibility index (Phi) is 4.77. The molecule has 5 rings (SSSR count). The summed E-state index contributed by atoms with van der Waals surface area (Å²) in [5.41, 5.74) is 1.72. The predicted octanol–water partition coefficient (Wildman–Crippen LogP) is 3.88. The number of rotatable bonds is 4. The zero-order valence-corrected chi connectivity index (χ0v) is 18.1. The highest BCUT2D eigenvalue weighted by molar-refractivity contribution is 7.87. The molecule has 0 saturated heterocycles. The number of imidazole rings is 1. The number of halogens is 1. The van der Waals surface area contributed by atoms with E-state index in [1.807, 2.05) is 24.3 Å². The van der Waals surface area contributed by atoms with Crippen LogP contribution in [0.15, 0.2) is 82.5 Å². The van der Waals surface area contributed by atoms with Crippen LogP contribution >= 0.6 is 22.9 Å². The molecular formula is C22H13ClN2O4S2. The highest BCUT2D eigenvalue weighted by Gasteiger charge is 2.18. The molecule has 0 bridgehead atoms. The van der Waals surface area contributed by atoms with E-state index in [2.05, 4.69) is 4.98 Å². The molecule has 0 atom stereocenters. The third kappa shape index (κ3) is 3.59. The van der Waals surface area contributed by atoms with Crippen LogP contribution in [-0.2, 0) is 10.1 Å². The van der Waals surface area contributed by atoms with Gasteiger partial charge in [0.25, 0.3) is 5.56 Å². The number of benzene rings is 3. The van der Waals surface area contributed by atoms with Crippen molar-refractivity contribution in [2.24, 2.45) is 0 Å². The number of nitrogens with zero attached hydrogens (tertiary/aromatic N) is 2. The summed E-state index contributed by atoms with van der Waals surface area (Å²) in [5, 5.41) is 0.422. The van der Waals surface area contributed by atoms with Crippen molar-refractivity contribution >= 4 is 55.1 Å². The molecule has 2 aromatic heterocycles. The third-order valence-corrected chi connectivity index (χ3v) is 7.12. The lowest BCUT2D eigenvalue weighted by atomic mass is 10.2. The Morgan fingerprint density at radius 2 is 1.68 bits per heavy atom. The summed E-state index contributed by atoms with van der Waals surface area (Å²) in [6.07, 6.45) is 1.61. The lowest BCUT2D eigenvalue weighted by Gasteiger charge is -2.09. The third-order valence-electron chi connectivity index (χ3n) is 4.65. The summed E-state index contributed by atoms with van der Waals surface area (Å²) in [5.74, 6) is 0.118. The van der Waals surface area contributed by atoms with E-state index in [9.17, 15) is 13.2 Å². The maximum Gasteiger partial charge on any atom is 0.339 e. The van der Waals surface area contributed by atoms with Gasteiger partial charge in [0.1, 0.15) is 10.6 Å². The second kappa shape index (κ2) is 7.49. The first-order valence-corrected chi connectivity index (χ1v) is 11.7. The van der Waals surface area contributed by atoms with Crippen molar-refractivity contribution in [3.63, 3.8) is 0 Å². The van der Waals surface area contributed by atoms with Gasteiger partial charge in [0.2, 0.25) is 0 Å². The van der Waals surface area contributed by atoms with Crippen LogP contribution in [0, 0.1) is 0 Å². The molecule has 0 amide bonds. The number of para-hydroxylation sites is 3. The fourth-order valence-electron chi connectivity index (χ4n) is 3.20. The Hall–Kier alpha value is -3.20. The molecule has 0 N–H and O–H groups in total. The maximum atomic E-state index is 13.0. The molecule has 5 aromatic rings. The van der Waals surface area contributed by atoms with Gasteiger partial charge in [-0.3, -0.25) is 4.79 Å². The van der Waals surface area contributed by atoms with Crippen molar-refractivity contribution in [3.05, 3.63) is 98.3 Å². The van der Waals surface area contributed by atoms with Crippen LogP contribution in [-0.4, -0.2) is 17.8 Å². The number of aromatic nitrogens is 2. The van der Waals surface area contributed by atoms with Gasteiger partial charge in [-0.1, -0.05) is 53.3 Å². The van der Waals surface area contributed by atoms with Crippen molar-refractivity contribution in [2.45, 2.75) is 4.90 Å². The first-order valence-electron chi connectivity index (χ1n) is 9.13. The minimum Gasteiger partial charge on any atom is -0.378 e. The molecule has 31 heavy (non-hydrogen) atoms. The molecule has 154 valence electrons. The van der Waals surface area contributed by atoms with E-state index in [0.29, 0.717) is 20.1 Å². The van der Waals surface area contributed by atoms with Gasteiger partial charge in [0.05, 0.1) is 15.6 Å². The lowest BCUT2D eigenvalue weighted by molar-refractivity contribution is 0.485. The van der Waals surface area contributed by atoms with Crippen LogP contribution in [0.3, 0.4) is 0 Å². The topological polar surface area (TPSA) is 77.7 Å². The van der Waals surface area contributed by atoms with Crippen LogP contribution in [0.25, 0.3) is 22.1 Å². The summed E-state index contributed by atoms with van der Waals surface area (Å²) in [4.78, 5) is 18.0. The molecular weight excluding hydrogens is 456 g/mol. The quantitative estimate of drug-likeness (QED) is 0.374. The van der Waals surface area contributed by atoms with Crippen LogP contribution in [0.2, 0.25) is 5.02 Å². The van der Waals surface area contributed by atoms with Crippen LogP contribution < -0.4 is 14.3 Å². The summed E-state index contributed by atoms with van der Waals surface area (Å²) in [7, 11) is -4.07. The molecule has 0 aliphatic carbocycles. The van der Waals surface area contributed by atoms with Crippen molar-refractivity contribution in [2.75, 3.05) is 0 Å². The summed E-state index contributed by atoms with van der Waals surface area (Å²) in [6.45, 7) is 0. The molecule has 0 fully saturated rings. The largest absolute Gasteiger partial charge is 0.378 e. The molecule has 0 unspecified atom stereocenters. The minimum absolute atomic E-state index is 0.0164. The van der Waals surface area contributed by atoms with Gasteiger partial charge in [-0.2, -0.15) is 8.42 Å². The first kappa shape index (κ1) is 19.7. The minimum atomic E-state index is -4.07. The molecule has 0 radical (unpaired) electrons. The van der Waals surface area contributed by atoms with E-state index in [-0.39, 0.29) is 16.2 Å². The van der Waals surface area contributed by atoms with Gasteiger partial charge < -0.3 is 4.18 Å². The molecule has 0 aliphatic heterocycles. The smallest absolute Gasteiger partial charge is 0.339 e. The van der Waals surface area contributed by atoms with Crippen molar-refractivity contribution in [1.29, 1.82) is 0 Å². The number of thiazole rings is 1. The molecule has 3 aromatic carbocycles. The Balaban J connectivity index is 1.60. The van der Waals surface area contributed by atoms with Gasteiger partial charge in [0, 0.05) is 10.6 Å². The summed E-state index contributed by atoms with van der Waals surface area (Å²) in [6, 6.07) is 19.7. The first-order chi connectivity index (χ1) is 14.9. The van der Waals surface area contributed by atoms with Crippen LogP contribution in [0.1, 0.15) is 5.56 Å². The Morgan fingerprint density at radius 1 is 0.968 bits per heavy atom. The normalized spacial score (nSPS) is 12.6. The SMILES string of the molecule is O=c1c(=Cc2ccccc2OS(=O)(=O)c2ccc(Cl)cc2)sc2nc3ccccc3n12. The van der Waals surface area contributed by atoms with Gasteiger partial charge in [-0.05, 0) is 48.5 Å². The average Bonchev–Trinajstić information content (AvgIpc) is 3.26. The highest BCUT2D eigenvalue weighted by atomic mass is 35.5.